The molecule has 4 nitrogen and oxygen atoms in total. The van der Waals surface area contributed by atoms with Crippen molar-refractivity contribution < 1.29 is 4.79 Å². The Labute approximate surface area is 105 Å². The van der Waals surface area contributed by atoms with E-state index in [9.17, 15) is 4.79 Å². The van der Waals surface area contributed by atoms with Crippen molar-refractivity contribution >= 4 is 16.8 Å². The maximum Gasteiger partial charge on any atom is 0.286 e. The number of nitrogens with zero attached hydrogens (tertiary/aromatic N) is 2. The molecule has 1 aliphatic rings. The molecule has 1 fully saturated rings. The fourth-order valence-electron chi connectivity index (χ4n) is 2.17. The van der Waals surface area contributed by atoms with Crippen LogP contribution in [0.1, 0.15) is 34.7 Å². The van der Waals surface area contributed by atoms with Crippen LogP contribution in [-0.2, 0) is 6.42 Å². The first-order valence-electron chi connectivity index (χ1n) is 6.20. The molecular formula is C14H15N3O. The summed E-state index contributed by atoms with van der Waals surface area (Å²) in [5, 5.41) is 1.05. The van der Waals surface area contributed by atoms with E-state index in [0.717, 1.165) is 23.0 Å². The first-order valence-corrected chi connectivity index (χ1v) is 6.20. The topological polar surface area (TPSA) is 68.9 Å². The maximum atomic E-state index is 11.3. The van der Waals surface area contributed by atoms with Crippen LogP contribution < -0.4 is 5.73 Å². The van der Waals surface area contributed by atoms with Gasteiger partial charge in [0.2, 0.25) is 5.82 Å². The number of carbonyl (C=O) groups is 1. The molecule has 18 heavy (non-hydrogen) atoms. The van der Waals surface area contributed by atoms with Gasteiger partial charge in [-0.3, -0.25) is 4.79 Å². The van der Waals surface area contributed by atoms with Crippen molar-refractivity contribution in [2.24, 2.45) is 11.7 Å². The van der Waals surface area contributed by atoms with Gasteiger partial charge in [0.25, 0.3) is 5.91 Å². The molecule has 0 spiro atoms. The highest BCUT2D eigenvalue weighted by atomic mass is 16.1. The molecule has 0 atom stereocenters. The van der Waals surface area contributed by atoms with Crippen LogP contribution in [-0.4, -0.2) is 15.9 Å². The molecule has 1 aromatic heterocycles. The van der Waals surface area contributed by atoms with E-state index < -0.39 is 5.91 Å². The average molecular weight is 241 g/mol. The molecule has 0 radical (unpaired) electrons. The molecule has 0 aliphatic heterocycles. The smallest absolute Gasteiger partial charge is 0.286 e. The molecule has 4 heteroatoms. The Morgan fingerprint density at radius 1 is 1.39 bits per heavy atom. The quantitative estimate of drug-likeness (QED) is 0.893. The lowest BCUT2D eigenvalue weighted by molar-refractivity contribution is 0.0990. The van der Waals surface area contributed by atoms with Crippen LogP contribution in [0.2, 0.25) is 0 Å². The minimum Gasteiger partial charge on any atom is -0.363 e. The summed E-state index contributed by atoms with van der Waals surface area (Å²) in [6.07, 6.45) is 3.43. The number of hydrogen-bond donors (Lipinski definition) is 1. The van der Waals surface area contributed by atoms with Gasteiger partial charge in [-0.2, -0.15) is 0 Å². The van der Waals surface area contributed by atoms with Crippen molar-refractivity contribution in [3.05, 3.63) is 35.3 Å². The lowest BCUT2D eigenvalue weighted by atomic mass is 10.1. The van der Waals surface area contributed by atoms with Gasteiger partial charge >= 0.3 is 0 Å². The second kappa shape index (κ2) is 4.05. The van der Waals surface area contributed by atoms with Crippen molar-refractivity contribution in [3.8, 4) is 0 Å². The third-order valence-electron chi connectivity index (χ3n) is 3.33. The molecule has 0 saturated heterocycles. The van der Waals surface area contributed by atoms with E-state index in [-0.39, 0.29) is 5.82 Å². The van der Waals surface area contributed by atoms with Gasteiger partial charge in [0, 0.05) is 5.39 Å². The number of amides is 1. The van der Waals surface area contributed by atoms with Gasteiger partial charge < -0.3 is 5.73 Å². The average Bonchev–Trinajstić information content (AvgIpc) is 3.13. The molecular weight excluding hydrogens is 226 g/mol. The molecule has 3 rings (SSSR count). The molecule has 1 saturated carbocycles. The van der Waals surface area contributed by atoms with Crippen molar-refractivity contribution in [3.63, 3.8) is 0 Å². The fourth-order valence-corrected chi connectivity index (χ4v) is 2.17. The second-order valence-corrected chi connectivity index (χ2v) is 5.03. The zero-order valence-electron chi connectivity index (χ0n) is 10.3. The Morgan fingerprint density at radius 3 is 2.83 bits per heavy atom. The maximum absolute atomic E-state index is 11.3. The zero-order chi connectivity index (χ0) is 12.7. The standard InChI is InChI=1S/C14H15N3O/c1-8-2-5-11-10(6-8)12(7-9-3-4-9)17-14(16-11)13(15)18/h2,5-6,9H,3-4,7H2,1H3,(H2,15,18). The van der Waals surface area contributed by atoms with Gasteiger partial charge in [-0.25, -0.2) is 9.97 Å². The number of carbonyl (C=O) groups excluding carboxylic acids is 1. The third-order valence-corrected chi connectivity index (χ3v) is 3.33. The van der Waals surface area contributed by atoms with E-state index in [0.29, 0.717) is 5.92 Å². The summed E-state index contributed by atoms with van der Waals surface area (Å²) < 4.78 is 0. The van der Waals surface area contributed by atoms with Gasteiger partial charge in [0.1, 0.15) is 0 Å². The molecule has 2 aromatic rings. The minimum atomic E-state index is -0.561. The number of benzene rings is 1. The summed E-state index contributed by atoms with van der Waals surface area (Å²) in [6.45, 7) is 2.04. The predicted octanol–water partition coefficient (Wildman–Crippen LogP) is 1.99. The number of primary amides is 1. The molecule has 92 valence electrons. The Kier molecular flexibility index (Phi) is 2.51. The zero-order valence-corrected chi connectivity index (χ0v) is 10.3. The van der Waals surface area contributed by atoms with Gasteiger partial charge in [0.05, 0.1) is 11.2 Å². The monoisotopic (exact) mass is 241 g/mol. The molecule has 0 unspecified atom stereocenters. The summed E-state index contributed by atoms with van der Waals surface area (Å²) in [4.78, 5) is 19.8. The van der Waals surface area contributed by atoms with Crippen molar-refractivity contribution in [1.82, 2.24) is 9.97 Å². The lowest BCUT2D eigenvalue weighted by Crippen LogP contribution is -2.16. The summed E-state index contributed by atoms with van der Waals surface area (Å²) in [5.41, 5.74) is 8.23. The number of rotatable bonds is 3. The Morgan fingerprint density at radius 2 is 2.17 bits per heavy atom. The normalized spacial score (nSPS) is 14.9. The van der Waals surface area contributed by atoms with Crippen molar-refractivity contribution in [1.29, 1.82) is 0 Å². The number of aromatic nitrogens is 2. The number of nitrogens with two attached hydrogens (primary N) is 1. The van der Waals surface area contributed by atoms with Gasteiger partial charge in [-0.15, -0.1) is 0 Å². The highest BCUT2D eigenvalue weighted by Crippen LogP contribution is 2.33. The van der Waals surface area contributed by atoms with Crippen LogP contribution in [0.4, 0.5) is 0 Å². The molecule has 0 bridgehead atoms. The summed E-state index contributed by atoms with van der Waals surface area (Å²) in [7, 11) is 0. The van der Waals surface area contributed by atoms with E-state index >= 15 is 0 Å². The van der Waals surface area contributed by atoms with Gasteiger partial charge in [-0.1, -0.05) is 11.6 Å². The van der Waals surface area contributed by atoms with Crippen LogP contribution in [0, 0.1) is 12.8 Å². The van der Waals surface area contributed by atoms with E-state index in [1.54, 1.807) is 0 Å². The van der Waals surface area contributed by atoms with Crippen LogP contribution in [0.25, 0.3) is 10.9 Å². The van der Waals surface area contributed by atoms with Gasteiger partial charge in [0.15, 0.2) is 0 Å². The summed E-state index contributed by atoms with van der Waals surface area (Å²) in [6, 6.07) is 5.99. The highest BCUT2D eigenvalue weighted by Gasteiger charge is 2.24. The first-order chi connectivity index (χ1) is 8.63. The van der Waals surface area contributed by atoms with Gasteiger partial charge in [-0.05, 0) is 44.2 Å². The van der Waals surface area contributed by atoms with Crippen LogP contribution >= 0.6 is 0 Å². The third kappa shape index (κ3) is 2.06. The molecule has 1 aliphatic carbocycles. The van der Waals surface area contributed by atoms with Crippen LogP contribution in [0.15, 0.2) is 18.2 Å². The lowest BCUT2D eigenvalue weighted by Gasteiger charge is -2.07. The van der Waals surface area contributed by atoms with E-state index in [4.69, 9.17) is 5.73 Å². The van der Waals surface area contributed by atoms with Crippen LogP contribution in [0.3, 0.4) is 0 Å². The first kappa shape index (κ1) is 11.1. The molecule has 2 N–H and O–H groups in total. The van der Waals surface area contributed by atoms with E-state index in [1.165, 1.54) is 18.4 Å². The number of hydrogen-bond acceptors (Lipinski definition) is 3. The van der Waals surface area contributed by atoms with E-state index in [1.807, 2.05) is 19.1 Å². The highest BCUT2D eigenvalue weighted by molar-refractivity contribution is 5.92. The minimum absolute atomic E-state index is 0.127. The second-order valence-electron chi connectivity index (χ2n) is 5.03. The summed E-state index contributed by atoms with van der Waals surface area (Å²) >= 11 is 0. The Bertz CT molecular complexity index is 632. The largest absolute Gasteiger partial charge is 0.363 e. The Hall–Kier alpha value is -1.97. The molecule has 1 amide bonds. The Balaban J connectivity index is 2.19. The number of fused-ring (bicyclic) bond motifs is 1. The van der Waals surface area contributed by atoms with Crippen molar-refractivity contribution in [2.75, 3.05) is 0 Å². The fraction of sp³-hybridized carbons (Fsp3) is 0.357. The van der Waals surface area contributed by atoms with E-state index in [2.05, 4.69) is 16.0 Å². The SMILES string of the molecule is Cc1ccc2nc(C(N)=O)nc(CC3CC3)c2c1. The molecule has 1 aromatic carbocycles. The number of aryl methyl sites for hydroxylation is 1. The van der Waals surface area contributed by atoms with Crippen LogP contribution in [0.5, 0.6) is 0 Å². The van der Waals surface area contributed by atoms with Crippen molar-refractivity contribution in [2.45, 2.75) is 26.2 Å². The molecule has 1 heterocycles. The predicted molar refractivity (Wildman–Crippen MR) is 69.2 cm³/mol. The summed E-state index contributed by atoms with van der Waals surface area (Å²) in [5.74, 6) is 0.279.